The second-order valence-electron chi connectivity index (χ2n) is 8.72. The molecule has 1 heteroatoms. The summed E-state index contributed by atoms with van der Waals surface area (Å²) >= 11 is 0. The lowest BCUT2D eigenvalue weighted by atomic mass is 9.87. The third-order valence-electron chi connectivity index (χ3n) is 5.36. The first-order chi connectivity index (χ1) is 13.0. The molecule has 132 valence electrons. The summed E-state index contributed by atoms with van der Waals surface area (Å²) in [6.07, 6.45) is 3.01. The van der Waals surface area contributed by atoms with Crippen LogP contribution < -0.4 is 0 Å². The summed E-state index contributed by atoms with van der Waals surface area (Å²) in [5.74, 6) is 0. The molecule has 0 fully saturated rings. The lowest BCUT2D eigenvalue weighted by Gasteiger charge is -2.18. The molecule has 1 aliphatic carbocycles. The molecule has 0 unspecified atom stereocenters. The standard InChI is InChI=1S/C26H23N/c1-26(2,3)16-17-13-14-27-23(15-17)21-11-6-10-20-19-9-4-7-18-8-5-12-22(24(18)19)25(20)21/h4-15H,16H2,1-3H3. The molecule has 0 N–H and O–H groups in total. The molecule has 0 bridgehead atoms. The normalized spacial score (nSPS) is 12.4. The van der Waals surface area contributed by atoms with Crippen LogP contribution in [0.25, 0.3) is 44.3 Å². The fourth-order valence-corrected chi connectivity index (χ4v) is 4.40. The van der Waals surface area contributed by atoms with Crippen LogP contribution in [0.15, 0.2) is 72.9 Å². The van der Waals surface area contributed by atoms with Crippen molar-refractivity contribution in [2.24, 2.45) is 5.41 Å². The van der Waals surface area contributed by atoms with Crippen molar-refractivity contribution in [3.05, 3.63) is 78.5 Å². The van der Waals surface area contributed by atoms with Gasteiger partial charge in [0, 0.05) is 11.8 Å². The van der Waals surface area contributed by atoms with E-state index in [0.29, 0.717) is 0 Å². The van der Waals surface area contributed by atoms with Gasteiger partial charge in [0.2, 0.25) is 0 Å². The van der Waals surface area contributed by atoms with E-state index >= 15 is 0 Å². The SMILES string of the molecule is CC(C)(C)Cc1ccnc(-c2cccc3c2-c2cccc4cccc-3c24)c1. The van der Waals surface area contributed by atoms with Gasteiger partial charge in [-0.25, -0.2) is 0 Å². The van der Waals surface area contributed by atoms with Crippen molar-refractivity contribution in [2.75, 3.05) is 0 Å². The van der Waals surface area contributed by atoms with Crippen LogP contribution in [0.5, 0.6) is 0 Å². The van der Waals surface area contributed by atoms with E-state index in [1.54, 1.807) is 0 Å². The van der Waals surface area contributed by atoms with Gasteiger partial charge in [-0.15, -0.1) is 0 Å². The molecule has 0 spiro atoms. The van der Waals surface area contributed by atoms with E-state index in [2.05, 4.69) is 87.5 Å². The van der Waals surface area contributed by atoms with Crippen molar-refractivity contribution >= 4 is 10.8 Å². The van der Waals surface area contributed by atoms with Gasteiger partial charge in [-0.2, -0.15) is 0 Å². The Morgan fingerprint density at radius 2 is 1.41 bits per heavy atom. The molecular formula is C26H23N. The van der Waals surface area contributed by atoms with Gasteiger partial charge in [-0.3, -0.25) is 4.98 Å². The first-order valence-corrected chi connectivity index (χ1v) is 9.62. The monoisotopic (exact) mass is 349 g/mol. The van der Waals surface area contributed by atoms with E-state index in [1.165, 1.54) is 44.2 Å². The number of pyridine rings is 1. The van der Waals surface area contributed by atoms with Crippen molar-refractivity contribution in [1.29, 1.82) is 0 Å². The van der Waals surface area contributed by atoms with Crippen LogP contribution in [0.1, 0.15) is 26.3 Å². The molecule has 3 aromatic carbocycles. The Balaban J connectivity index is 1.73. The topological polar surface area (TPSA) is 12.9 Å². The van der Waals surface area contributed by atoms with Crippen molar-refractivity contribution < 1.29 is 0 Å². The molecule has 27 heavy (non-hydrogen) atoms. The predicted molar refractivity (Wildman–Crippen MR) is 115 cm³/mol. The highest BCUT2D eigenvalue weighted by Gasteiger charge is 2.24. The maximum absolute atomic E-state index is 4.74. The fraction of sp³-hybridized carbons (Fsp3) is 0.192. The van der Waals surface area contributed by atoms with E-state index in [-0.39, 0.29) is 5.41 Å². The van der Waals surface area contributed by atoms with Crippen LogP contribution in [0.3, 0.4) is 0 Å². The summed E-state index contributed by atoms with van der Waals surface area (Å²) < 4.78 is 0. The third kappa shape index (κ3) is 2.66. The first kappa shape index (κ1) is 16.3. The van der Waals surface area contributed by atoms with Crippen molar-refractivity contribution in [1.82, 2.24) is 4.98 Å². The van der Waals surface area contributed by atoms with Gasteiger partial charge >= 0.3 is 0 Å². The summed E-state index contributed by atoms with van der Waals surface area (Å²) in [6, 6.07) is 24.3. The highest BCUT2D eigenvalue weighted by Crippen LogP contribution is 2.50. The number of hydrogen-bond acceptors (Lipinski definition) is 1. The molecule has 1 nitrogen and oxygen atoms in total. The average molecular weight is 349 g/mol. The summed E-state index contributed by atoms with van der Waals surface area (Å²) in [4.78, 5) is 4.74. The lowest BCUT2D eigenvalue weighted by Crippen LogP contribution is -2.09. The van der Waals surface area contributed by atoms with E-state index in [9.17, 15) is 0 Å². The van der Waals surface area contributed by atoms with E-state index < -0.39 is 0 Å². The second kappa shape index (κ2) is 5.79. The summed E-state index contributed by atoms with van der Waals surface area (Å²) in [5, 5.41) is 2.68. The molecule has 0 radical (unpaired) electrons. The Bertz CT molecular complexity index is 1170. The fourth-order valence-electron chi connectivity index (χ4n) is 4.40. The van der Waals surface area contributed by atoms with Gasteiger partial charge in [0.25, 0.3) is 0 Å². The number of hydrogen-bond donors (Lipinski definition) is 0. The lowest BCUT2D eigenvalue weighted by molar-refractivity contribution is 0.411. The molecule has 4 aromatic rings. The van der Waals surface area contributed by atoms with Crippen LogP contribution in [-0.2, 0) is 6.42 Å². The average Bonchev–Trinajstić information content (AvgIpc) is 2.97. The summed E-state index contributed by atoms with van der Waals surface area (Å²) in [5.41, 5.74) is 9.22. The molecule has 0 saturated carbocycles. The maximum atomic E-state index is 4.74. The molecule has 1 aromatic heterocycles. The van der Waals surface area contributed by atoms with Gasteiger partial charge in [-0.1, -0.05) is 75.4 Å². The maximum Gasteiger partial charge on any atom is 0.0711 e. The van der Waals surface area contributed by atoms with Gasteiger partial charge in [-0.05, 0) is 62.6 Å². The second-order valence-corrected chi connectivity index (χ2v) is 8.72. The van der Waals surface area contributed by atoms with Crippen LogP contribution in [-0.4, -0.2) is 4.98 Å². The Kier molecular flexibility index (Phi) is 3.48. The molecule has 0 aliphatic heterocycles. The number of benzene rings is 3. The smallest absolute Gasteiger partial charge is 0.0711 e. The number of fused-ring (bicyclic) bond motifs is 3. The Labute approximate surface area is 160 Å². The summed E-state index contributed by atoms with van der Waals surface area (Å²) in [7, 11) is 0. The predicted octanol–water partition coefficient (Wildman–Crippen LogP) is 7.14. The molecule has 0 amide bonds. The first-order valence-electron chi connectivity index (χ1n) is 9.62. The van der Waals surface area contributed by atoms with E-state index in [4.69, 9.17) is 4.98 Å². The zero-order valence-electron chi connectivity index (χ0n) is 16.1. The Morgan fingerprint density at radius 3 is 2.19 bits per heavy atom. The molecule has 1 heterocycles. The van der Waals surface area contributed by atoms with E-state index in [1.807, 2.05) is 6.20 Å². The Hall–Kier alpha value is -2.93. The Morgan fingerprint density at radius 1 is 0.741 bits per heavy atom. The highest BCUT2D eigenvalue weighted by molar-refractivity contribution is 6.17. The van der Waals surface area contributed by atoms with Gasteiger partial charge in [0.05, 0.1) is 5.69 Å². The molecule has 5 rings (SSSR count). The minimum Gasteiger partial charge on any atom is -0.256 e. The molecule has 1 aliphatic rings. The van der Waals surface area contributed by atoms with Crippen LogP contribution in [0.4, 0.5) is 0 Å². The quantitative estimate of drug-likeness (QED) is 0.330. The van der Waals surface area contributed by atoms with Crippen LogP contribution in [0, 0.1) is 5.41 Å². The highest BCUT2D eigenvalue weighted by atomic mass is 14.7. The zero-order valence-corrected chi connectivity index (χ0v) is 16.1. The zero-order chi connectivity index (χ0) is 18.6. The molecule has 0 atom stereocenters. The molecule has 0 saturated heterocycles. The molecular weight excluding hydrogens is 326 g/mol. The number of aromatic nitrogens is 1. The number of nitrogens with zero attached hydrogens (tertiary/aromatic N) is 1. The van der Waals surface area contributed by atoms with Crippen molar-refractivity contribution in [3.63, 3.8) is 0 Å². The van der Waals surface area contributed by atoms with Gasteiger partial charge < -0.3 is 0 Å². The van der Waals surface area contributed by atoms with E-state index in [0.717, 1.165) is 12.1 Å². The minimum absolute atomic E-state index is 0.263. The van der Waals surface area contributed by atoms with Gasteiger partial charge in [0.15, 0.2) is 0 Å². The summed E-state index contributed by atoms with van der Waals surface area (Å²) in [6.45, 7) is 6.85. The number of rotatable bonds is 2. The van der Waals surface area contributed by atoms with Crippen LogP contribution in [0.2, 0.25) is 0 Å². The van der Waals surface area contributed by atoms with Crippen LogP contribution >= 0.6 is 0 Å². The minimum atomic E-state index is 0.263. The van der Waals surface area contributed by atoms with Crippen molar-refractivity contribution in [3.8, 4) is 33.5 Å². The van der Waals surface area contributed by atoms with Crippen molar-refractivity contribution in [2.45, 2.75) is 27.2 Å². The van der Waals surface area contributed by atoms with Gasteiger partial charge in [0.1, 0.15) is 0 Å². The third-order valence-corrected chi connectivity index (χ3v) is 5.36. The largest absolute Gasteiger partial charge is 0.256 e.